The van der Waals surface area contributed by atoms with Gasteiger partial charge in [-0.1, -0.05) is 41.6 Å². The summed E-state index contributed by atoms with van der Waals surface area (Å²) in [7, 11) is 1.59. The first-order valence-corrected chi connectivity index (χ1v) is 13.3. The molecule has 6 rings (SSSR count). The number of methoxy groups -OCH3 is 1. The van der Waals surface area contributed by atoms with Crippen LogP contribution >= 0.6 is 39.3 Å². The molecule has 3 aromatic heterocycles. The molecule has 3 heterocycles. The molecule has 0 aliphatic rings. The minimum atomic E-state index is -0.337. The largest absolute Gasteiger partial charge is 0.496 e. The van der Waals surface area contributed by atoms with E-state index >= 15 is 0 Å². The average molecular weight is 607 g/mol. The van der Waals surface area contributed by atoms with Crippen LogP contribution in [0, 0.1) is 0 Å². The van der Waals surface area contributed by atoms with Gasteiger partial charge in [0, 0.05) is 16.0 Å². The van der Waals surface area contributed by atoms with Crippen LogP contribution in [0.25, 0.3) is 33.5 Å². The fourth-order valence-corrected chi connectivity index (χ4v) is 5.40. The Morgan fingerprint density at radius 3 is 2.66 bits per heavy atom. The maximum absolute atomic E-state index is 13.5. The molecule has 0 amide bonds. The zero-order chi connectivity index (χ0) is 26.2. The van der Waals surface area contributed by atoms with Gasteiger partial charge in [0.15, 0.2) is 10.9 Å². The summed E-state index contributed by atoms with van der Waals surface area (Å²) in [6.45, 7) is 0. The molecule has 38 heavy (non-hydrogen) atoms. The number of rotatable bonds is 6. The van der Waals surface area contributed by atoms with Crippen LogP contribution in [-0.4, -0.2) is 23.0 Å². The third-order valence-corrected chi connectivity index (χ3v) is 7.81. The molecular formula is C28H17BrClN3O4S. The summed E-state index contributed by atoms with van der Waals surface area (Å²) >= 11 is 11.0. The highest BCUT2D eigenvalue weighted by molar-refractivity contribution is 9.10. The molecule has 0 unspecified atom stereocenters. The first-order valence-electron chi connectivity index (χ1n) is 11.4. The van der Waals surface area contributed by atoms with Gasteiger partial charge in [0.2, 0.25) is 5.82 Å². The number of nitrogens with zero attached hydrogens (tertiary/aromatic N) is 3. The van der Waals surface area contributed by atoms with E-state index in [1.54, 1.807) is 37.4 Å². The molecule has 0 saturated heterocycles. The summed E-state index contributed by atoms with van der Waals surface area (Å²) in [4.78, 5) is 19.2. The van der Waals surface area contributed by atoms with E-state index in [1.165, 1.54) is 22.7 Å². The lowest BCUT2D eigenvalue weighted by molar-refractivity contribution is 0.419. The summed E-state index contributed by atoms with van der Waals surface area (Å²) in [5.41, 5.74) is 0.806. The Kier molecular flexibility index (Phi) is 6.57. The van der Waals surface area contributed by atoms with Crippen molar-refractivity contribution in [1.82, 2.24) is 9.66 Å². The Labute approximate surface area is 233 Å². The van der Waals surface area contributed by atoms with Gasteiger partial charge in [-0.2, -0.15) is 9.78 Å². The van der Waals surface area contributed by atoms with Gasteiger partial charge in [-0.3, -0.25) is 4.79 Å². The van der Waals surface area contributed by atoms with Crippen molar-refractivity contribution in [1.29, 1.82) is 0 Å². The van der Waals surface area contributed by atoms with E-state index in [1.807, 2.05) is 48.5 Å². The lowest BCUT2D eigenvalue weighted by atomic mass is 10.2. The number of furan rings is 2. The van der Waals surface area contributed by atoms with Crippen molar-refractivity contribution in [2.24, 2.45) is 5.10 Å². The minimum Gasteiger partial charge on any atom is -0.496 e. The number of para-hydroxylation sites is 1. The standard InChI is InChI=1S/C28H17BrClN3O4S/c1-35-23-7-4-8-24-20(23)14-25(37-24)26-32-22-6-3-2-5-19(22)27(34)33(26)31-15-17-13-21(29)28(36-17)38-18-11-9-16(30)10-12-18/h2-15H,1H3. The summed E-state index contributed by atoms with van der Waals surface area (Å²) < 4.78 is 19.5. The second-order valence-electron chi connectivity index (χ2n) is 8.14. The van der Waals surface area contributed by atoms with Gasteiger partial charge < -0.3 is 13.6 Å². The Hall–Kier alpha value is -3.79. The first-order chi connectivity index (χ1) is 18.5. The van der Waals surface area contributed by atoms with E-state index in [0.717, 1.165) is 14.8 Å². The third kappa shape index (κ3) is 4.64. The summed E-state index contributed by atoms with van der Waals surface area (Å²) in [6, 6.07) is 23.6. The number of benzene rings is 3. The topological polar surface area (TPSA) is 82.8 Å². The minimum absolute atomic E-state index is 0.254. The fraction of sp³-hybridized carbons (Fsp3) is 0.0357. The fourth-order valence-electron chi connectivity index (χ4n) is 3.94. The Morgan fingerprint density at radius 2 is 1.84 bits per heavy atom. The number of halogens is 2. The molecule has 0 spiro atoms. The van der Waals surface area contributed by atoms with E-state index in [0.29, 0.717) is 43.9 Å². The van der Waals surface area contributed by atoms with Crippen LogP contribution in [0.15, 0.2) is 112 Å². The van der Waals surface area contributed by atoms with Crippen molar-refractivity contribution in [2.75, 3.05) is 7.11 Å². The van der Waals surface area contributed by atoms with E-state index in [2.05, 4.69) is 21.0 Å². The molecule has 0 saturated carbocycles. The van der Waals surface area contributed by atoms with Crippen molar-refractivity contribution in [3.63, 3.8) is 0 Å². The molecule has 0 aliphatic heterocycles. The molecule has 6 aromatic rings. The van der Waals surface area contributed by atoms with Crippen molar-refractivity contribution >= 4 is 67.4 Å². The van der Waals surface area contributed by atoms with E-state index in [-0.39, 0.29) is 11.4 Å². The second-order valence-corrected chi connectivity index (χ2v) is 10.5. The van der Waals surface area contributed by atoms with Crippen LogP contribution in [0.1, 0.15) is 5.76 Å². The molecule has 7 nitrogen and oxygen atoms in total. The molecule has 10 heteroatoms. The van der Waals surface area contributed by atoms with Crippen molar-refractivity contribution in [3.05, 3.63) is 104 Å². The Balaban J connectivity index is 1.43. The molecule has 3 aromatic carbocycles. The quantitative estimate of drug-likeness (QED) is 0.180. The van der Waals surface area contributed by atoms with Crippen LogP contribution in [0.4, 0.5) is 0 Å². The molecule has 188 valence electrons. The Bertz CT molecular complexity index is 1890. The Morgan fingerprint density at radius 1 is 1.03 bits per heavy atom. The zero-order valence-corrected chi connectivity index (χ0v) is 22.9. The van der Waals surface area contributed by atoms with E-state index in [9.17, 15) is 4.79 Å². The van der Waals surface area contributed by atoms with Gasteiger partial charge in [-0.05, 0) is 70.5 Å². The highest BCUT2D eigenvalue weighted by atomic mass is 79.9. The average Bonchev–Trinajstić information content (AvgIpc) is 3.52. The maximum atomic E-state index is 13.5. The van der Waals surface area contributed by atoms with Gasteiger partial charge in [-0.15, -0.1) is 0 Å². The predicted octanol–water partition coefficient (Wildman–Crippen LogP) is 7.86. The van der Waals surface area contributed by atoms with Crippen LogP contribution in [-0.2, 0) is 0 Å². The lowest BCUT2D eigenvalue weighted by Crippen LogP contribution is -2.20. The highest BCUT2D eigenvalue weighted by Gasteiger charge is 2.18. The van der Waals surface area contributed by atoms with Gasteiger partial charge in [0.25, 0.3) is 5.56 Å². The van der Waals surface area contributed by atoms with Crippen molar-refractivity contribution in [2.45, 2.75) is 9.99 Å². The number of ether oxygens (including phenoxy) is 1. The van der Waals surface area contributed by atoms with E-state index in [4.69, 9.17) is 30.2 Å². The van der Waals surface area contributed by atoms with Crippen molar-refractivity contribution in [3.8, 4) is 17.3 Å². The van der Waals surface area contributed by atoms with Crippen LogP contribution in [0.2, 0.25) is 5.02 Å². The molecular weight excluding hydrogens is 590 g/mol. The normalized spacial score (nSPS) is 11.7. The lowest BCUT2D eigenvalue weighted by Gasteiger charge is -2.06. The number of aromatic nitrogens is 2. The number of hydrogen-bond acceptors (Lipinski definition) is 7. The van der Waals surface area contributed by atoms with Crippen LogP contribution in [0.5, 0.6) is 5.75 Å². The molecule has 0 radical (unpaired) electrons. The molecule has 0 aliphatic carbocycles. The zero-order valence-electron chi connectivity index (χ0n) is 19.7. The van der Waals surface area contributed by atoms with Crippen LogP contribution in [0.3, 0.4) is 0 Å². The van der Waals surface area contributed by atoms with Gasteiger partial charge in [0.05, 0.1) is 34.1 Å². The summed E-state index contributed by atoms with van der Waals surface area (Å²) in [6.07, 6.45) is 1.47. The summed E-state index contributed by atoms with van der Waals surface area (Å²) in [5, 5.41) is 6.97. The predicted molar refractivity (Wildman–Crippen MR) is 153 cm³/mol. The van der Waals surface area contributed by atoms with Gasteiger partial charge >= 0.3 is 0 Å². The number of hydrogen-bond donors (Lipinski definition) is 0. The van der Waals surface area contributed by atoms with E-state index < -0.39 is 0 Å². The molecule has 0 N–H and O–H groups in total. The smallest absolute Gasteiger partial charge is 0.282 e. The SMILES string of the molecule is COc1cccc2oc(-c3nc4ccccc4c(=O)n3N=Cc3cc(Br)c(Sc4ccc(Cl)cc4)o3)cc12. The second kappa shape index (κ2) is 10.2. The molecule has 0 bridgehead atoms. The van der Waals surface area contributed by atoms with Gasteiger partial charge in [0.1, 0.15) is 17.1 Å². The summed E-state index contributed by atoms with van der Waals surface area (Å²) in [5.74, 6) is 1.74. The highest BCUT2D eigenvalue weighted by Crippen LogP contribution is 2.36. The molecule has 0 fully saturated rings. The van der Waals surface area contributed by atoms with Gasteiger partial charge in [-0.25, -0.2) is 4.98 Å². The number of fused-ring (bicyclic) bond motifs is 2. The third-order valence-electron chi connectivity index (χ3n) is 5.71. The van der Waals surface area contributed by atoms with Crippen LogP contribution < -0.4 is 10.3 Å². The maximum Gasteiger partial charge on any atom is 0.282 e. The van der Waals surface area contributed by atoms with Crippen molar-refractivity contribution < 1.29 is 13.6 Å². The first kappa shape index (κ1) is 24.5. The molecule has 0 atom stereocenters. The monoisotopic (exact) mass is 605 g/mol.